The third kappa shape index (κ3) is 4.30. The first-order chi connectivity index (χ1) is 14.7. The van der Waals surface area contributed by atoms with E-state index in [2.05, 4.69) is 35.8 Å². The van der Waals surface area contributed by atoms with Gasteiger partial charge in [0.25, 0.3) is 0 Å². The van der Waals surface area contributed by atoms with Crippen LogP contribution in [-0.2, 0) is 12.0 Å². The van der Waals surface area contributed by atoms with Crippen molar-refractivity contribution in [2.75, 3.05) is 0 Å². The van der Waals surface area contributed by atoms with Crippen molar-refractivity contribution >= 4 is 17.2 Å². The smallest absolute Gasteiger partial charge is 0.153 e. The number of hydrogen-bond donors (Lipinski definition) is 0. The highest BCUT2D eigenvalue weighted by Crippen LogP contribution is 2.31. The molecule has 0 aliphatic carbocycles. The van der Waals surface area contributed by atoms with E-state index < -0.39 is 5.82 Å². The highest BCUT2D eigenvalue weighted by atomic mass is 19.1. The van der Waals surface area contributed by atoms with Crippen molar-refractivity contribution in [3.05, 3.63) is 77.3 Å². The second kappa shape index (κ2) is 7.91. The monoisotopic (exact) mass is 418 g/mol. The van der Waals surface area contributed by atoms with Crippen LogP contribution in [-0.4, -0.2) is 26.0 Å². The van der Waals surface area contributed by atoms with Gasteiger partial charge in [-0.2, -0.15) is 5.10 Å². The van der Waals surface area contributed by atoms with Crippen LogP contribution in [0.4, 0.5) is 4.39 Å². The molecule has 0 saturated heterocycles. The van der Waals surface area contributed by atoms with Crippen LogP contribution in [0.5, 0.6) is 11.5 Å². The van der Waals surface area contributed by atoms with E-state index in [1.807, 2.05) is 36.1 Å². The molecule has 7 heteroatoms. The summed E-state index contributed by atoms with van der Waals surface area (Å²) in [4.78, 5) is 20.0. The molecule has 0 aliphatic rings. The molecule has 0 fully saturated rings. The van der Waals surface area contributed by atoms with Crippen molar-refractivity contribution in [1.82, 2.24) is 19.7 Å². The molecule has 0 bridgehead atoms. The molecule has 3 heterocycles. The Morgan fingerprint density at radius 1 is 1.16 bits per heavy atom. The lowest BCUT2D eigenvalue weighted by Crippen LogP contribution is -2.21. The van der Waals surface area contributed by atoms with E-state index in [0.717, 1.165) is 17.0 Å². The van der Waals surface area contributed by atoms with Crippen molar-refractivity contribution < 1.29 is 13.9 Å². The number of hydrogen-bond acceptors (Lipinski definition) is 5. The molecule has 0 spiro atoms. The van der Waals surface area contributed by atoms with Gasteiger partial charge in [-0.15, -0.1) is 0 Å². The van der Waals surface area contributed by atoms with Crippen molar-refractivity contribution in [3.63, 3.8) is 0 Å². The van der Waals surface area contributed by atoms with E-state index in [1.54, 1.807) is 12.3 Å². The summed E-state index contributed by atoms with van der Waals surface area (Å²) in [5, 5.41) is 4.99. The maximum atomic E-state index is 13.9. The number of aryl methyl sites for hydroxylation is 1. The molecule has 0 radical (unpaired) electrons. The fraction of sp³-hybridized carbons (Fsp3) is 0.250. The van der Waals surface area contributed by atoms with Crippen molar-refractivity contribution in [2.24, 2.45) is 0 Å². The second-order valence-electron chi connectivity index (χ2n) is 8.45. The van der Waals surface area contributed by atoms with Crippen LogP contribution in [0.2, 0.25) is 0 Å². The highest BCUT2D eigenvalue weighted by Gasteiger charge is 2.15. The van der Waals surface area contributed by atoms with Gasteiger partial charge in [-0.1, -0.05) is 0 Å². The fourth-order valence-electron chi connectivity index (χ4n) is 3.29. The molecule has 0 saturated carbocycles. The summed E-state index contributed by atoms with van der Waals surface area (Å²) < 4.78 is 21.9. The summed E-state index contributed by atoms with van der Waals surface area (Å²) in [5.74, 6) is 0.458. The van der Waals surface area contributed by atoms with Crippen LogP contribution in [0.1, 0.15) is 48.1 Å². The van der Waals surface area contributed by atoms with E-state index in [0.29, 0.717) is 35.1 Å². The molecule has 0 amide bonds. The number of rotatable bonds is 5. The Morgan fingerprint density at radius 2 is 1.97 bits per heavy atom. The number of halogens is 1. The zero-order valence-corrected chi connectivity index (χ0v) is 17.9. The average molecular weight is 418 g/mol. The Morgan fingerprint density at radius 3 is 2.65 bits per heavy atom. The molecule has 158 valence electrons. The largest absolute Gasteiger partial charge is 0.455 e. The van der Waals surface area contributed by atoms with E-state index in [9.17, 15) is 9.18 Å². The number of pyridine rings is 2. The lowest BCUT2D eigenvalue weighted by atomic mass is 10.1. The summed E-state index contributed by atoms with van der Waals surface area (Å²) >= 11 is 0. The molecule has 0 aliphatic heterocycles. The summed E-state index contributed by atoms with van der Waals surface area (Å²) in [6, 6.07) is 8.14. The highest BCUT2D eigenvalue weighted by molar-refractivity contribution is 5.91. The topological polar surface area (TPSA) is 69.9 Å². The van der Waals surface area contributed by atoms with Gasteiger partial charge in [0.1, 0.15) is 17.3 Å². The van der Waals surface area contributed by atoms with Crippen molar-refractivity contribution in [3.8, 4) is 11.5 Å². The molecule has 0 atom stereocenters. The first kappa shape index (κ1) is 20.7. The Bertz CT molecular complexity index is 1270. The molecular formula is C24H23FN4O2. The standard InChI is InChI=1S/C24H23FN4O2/c1-15-22(6-5-18(28-15)9-16-12-27-29(13-16)24(2,3)4)31-23-7-8-26-21-11-20(25)17(14-30)10-19(21)23/h5-8,10-14H,9H2,1-4H3. The number of benzene rings is 1. The Hall–Kier alpha value is -3.61. The van der Waals surface area contributed by atoms with Gasteiger partial charge in [-0.25, -0.2) is 4.39 Å². The first-order valence-electron chi connectivity index (χ1n) is 9.96. The van der Waals surface area contributed by atoms with Gasteiger partial charge in [0, 0.05) is 36.0 Å². The zero-order valence-electron chi connectivity index (χ0n) is 17.9. The van der Waals surface area contributed by atoms with Crippen LogP contribution in [0.25, 0.3) is 10.9 Å². The Kier molecular flexibility index (Phi) is 5.27. The van der Waals surface area contributed by atoms with E-state index in [1.165, 1.54) is 12.1 Å². The van der Waals surface area contributed by atoms with E-state index >= 15 is 0 Å². The normalized spacial score (nSPS) is 11.6. The molecule has 3 aromatic heterocycles. The number of carbonyl (C=O) groups is 1. The molecule has 1 aromatic carbocycles. The maximum absolute atomic E-state index is 13.9. The molecule has 4 rings (SSSR count). The maximum Gasteiger partial charge on any atom is 0.153 e. The van der Waals surface area contributed by atoms with Crippen molar-refractivity contribution in [1.29, 1.82) is 0 Å². The van der Waals surface area contributed by atoms with Gasteiger partial charge in [-0.3, -0.25) is 19.4 Å². The van der Waals surface area contributed by atoms with Crippen molar-refractivity contribution in [2.45, 2.75) is 39.7 Å². The third-order valence-corrected chi connectivity index (χ3v) is 4.97. The number of aldehydes is 1. The predicted molar refractivity (Wildman–Crippen MR) is 116 cm³/mol. The van der Waals surface area contributed by atoms with Gasteiger partial charge < -0.3 is 4.74 Å². The lowest BCUT2D eigenvalue weighted by molar-refractivity contribution is 0.112. The minimum Gasteiger partial charge on any atom is -0.455 e. The summed E-state index contributed by atoms with van der Waals surface area (Å²) in [5.41, 5.74) is 3.02. The third-order valence-electron chi connectivity index (χ3n) is 4.97. The Balaban J connectivity index is 1.59. The minimum atomic E-state index is -0.607. The molecule has 0 unspecified atom stereocenters. The fourth-order valence-corrected chi connectivity index (χ4v) is 3.29. The van der Waals surface area contributed by atoms with E-state index in [-0.39, 0.29) is 11.1 Å². The number of fused-ring (bicyclic) bond motifs is 1. The van der Waals surface area contributed by atoms with Gasteiger partial charge in [0.2, 0.25) is 0 Å². The van der Waals surface area contributed by atoms with Crippen LogP contribution >= 0.6 is 0 Å². The predicted octanol–water partition coefficient (Wildman–Crippen LogP) is 5.22. The van der Waals surface area contributed by atoms with Gasteiger partial charge >= 0.3 is 0 Å². The van der Waals surface area contributed by atoms with Crippen LogP contribution < -0.4 is 4.74 Å². The van der Waals surface area contributed by atoms with Crippen LogP contribution in [0.15, 0.2) is 48.9 Å². The Labute approximate surface area is 179 Å². The SMILES string of the molecule is Cc1nc(Cc2cnn(C(C)(C)C)c2)ccc1Oc1ccnc2cc(F)c(C=O)cc12. The summed E-state index contributed by atoms with van der Waals surface area (Å²) in [7, 11) is 0. The number of ether oxygens (including phenoxy) is 1. The molecule has 4 aromatic rings. The lowest BCUT2D eigenvalue weighted by Gasteiger charge is -2.18. The van der Waals surface area contributed by atoms with E-state index in [4.69, 9.17) is 4.74 Å². The molecule has 6 nitrogen and oxygen atoms in total. The zero-order chi connectivity index (χ0) is 22.2. The van der Waals surface area contributed by atoms with Crippen LogP contribution in [0.3, 0.4) is 0 Å². The van der Waals surface area contributed by atoms with Gasteiger partial charge in [0.05, 0.1) is 28.5 Å². The molecule has 31 heavy (non-hydrogen) atoms. The number of nitrogens with zero attached hydrogens (tertiary/aromatic N) is 4. The minimum absolute atomic E-state index is 0.0358. The summed E-state index contributed by atoms with van der Waals surface area (Å²) in [6.45, 7) is 8.19. The number of carbonyl (C=O) groups excluding carboxylic acids is 1. The average Bonchev–Trinajstić information content (AvgIpc) is 3.18. The molecular weight excluding hydrogens is 395 g/mol. The van der Waals surface area contributed by atoms with Gasteiger partial charge in [-0.05, 0) is 57.5 Å². The van der Waals surface area contributed by atoms with Crippen LogP contribution in [0, 0.1) is 12.7 Å². The second-order valence-corrected chi connectivity index (χ2v) is 8.45. The first-order valence-corrected chi connectivity index (χ1v) is 9.96. The summed E-state index contributed by atoms with van der Waals surface area (Å²) in [6.07, 6.45) is 6.59. The number of aromatic nitrogens is 4. The quantitative estimate of drug-likeness (QED) is 0.415. The molecule has 0 N–H and O–H groups in total. The van der Waals surface area contributed by atoms with Gasteiger partial charge in [0.15, 0.2) is 6.29 Å².